The first kappa shape index (κ1) is 13.8. The fourth-order valence-electron chi connectivity index (χ4n) is 2.14. The summed E-state index contributed by atoms with van der Waals surface area (Å²) in [7, 11) is 0. The SMILES string of the molecule is CCOC(=O)C1CC(c2ccc(OCC)cc2)NN1. The van der Waals surface area contributed by atoms with Gasteiger partial charge >= 0.3 is 5.97 Å². The molecular formula is C14H20N2O3. The molecule has 1 aliphatic heterocycles. The molecule has 5 heteroatoms. The van der Waals surface area contributed by atoms with E-state index in [1.807, 2.05) is 38.1 Å². The van der Waals surface area contributed by atoms with E-state index in [1.54, 1.807) is 0 Å². The standard InChI is InChI=1S/C14H20N2O3/c1-3-18-11-7-5-10(6-8-11)12-9-13(16-15-12)14(17)19-4-2/h5-8,12-13,15-16H,3-4,9H2,1-2H3. The van der Waals surface area contributed by atoms with Gasteiger partial charge in [-0.2, -0.15) is 0 Å². The van der Waals surface area contributed by atoms with Crippen LogP contribution >= 0.6 is 0 Å². The van der Waals surface area contributed by atoms with E-state index in [1.165, 1.54) is 0 Å². The zero-order valence-corrected chi connectivity index (χ0v) is 11.3. The Kier molecular flexibility index (Phi) is 4.76. The van der Waals surface area contributed by atoms with E-state index in [4.69, 9.17) is 9.47 Å². The Morgan fingerprint density at radius 3 is 2.58 bits per heavy atom. The van der Waals surface area contributed by atoms with Gasteiger partial charge in [0.1, 0.15) is 11.8 Å². The quantitative estimate of drug-likeness (QED) is 0.790. The zero-order valence-electron chi connectivity index (χ0n) is 11.3. The summed E-state index contributed by atoms with van der Waals surface area (Å²) in [5.74, 6) is 0.655. The third kappa shape index (κ3) is 3.45. The van der Waals surface area contributed by atoms with Crippen LogP contribution in [0.2, 0.25) is 0 Å². The number of carbonyl (C=O) groups excluding carboxylic acids is 1. The summed E-state index contributed by atoms with van der Waals surface area (Å²) < 4.78 is 10.4. The molecule has 0 radical (unpaired) electrons. The summed E-state index contributed by atoms with van der Waals surface area (Å²) >= 11 is 0. The zero-order chi connectivity index (χ0) is 13.7. The molecule has 2 unspecified atom stereocenters. The van der Waals surface area contributed by atoms with Crippen LogP contribution in [0.15, 0.2) is 24.3 Å². The maximum absolute atomic E-state index is 11.6. The number of ether oxygens (including phenoxy) is 2. The Balaban J connectivity index is 1.94. The number of hydrogen-bond donors (Lipinski definition) is 2. The van der Waals surface area contributed by atoms with Gasteiger partial charge in [0.25, 0.3) is 0 Å². The van der Waals surface area contributed by atoms with Crippen molar-refractivity contribution in [2.45, 2.75) is 32.4 Å². The molecule has 0 bridgehead atoms. The molecular weight excluding hydrogens is 244 g/mol. The maximum Gasteiger partial charge on any atom is 0.324 e. The van der Waals surface area contributed by atoms with E-state index in [9.17, 15) is 4.79 Å². The second kappa shape index (κ2) is 6.54. The molecule has 19 heavy (non-hydrogen) atoms. The number of hydrazine groups is 1. The Labute approximate surface area is 113 Å². The number of benzene rings is 1. The minimum Gasteiger partial charge on any atom is -0.494 e. The summed E-state index contributed by atoms with van der Waals surface area (Å²) in [5, 5.41) is 0. The van der Waals surface area contributed by atoms with Gasteiger partial charge in [-0.15, -0.1) is 0 Å². The van der Waals surface area contributed by atoms with Crippen molar-refractivity contribution in [1.29, 1.82) is 0 Å². The highest BCUT2D eigenvalue weighted by Crippen LogP contribution is 2.24. The first-order valence-electron chi connectivity index (χ1n) is 6.65. The van der Waals surface area contributed by atoms with Gasteiger partial charge in [0.15, 0.2) is 0 Å². The summed E-state index contributed by atoms with van der Waals surface area (Å²) in [6.07, 6.45) is 0.687. The highest BCUT2D eigenvalue weighted by molar-refractivity contribution is 5.76. The lowest BCUT2D eigenvalue weighted by Gasteiger charge is -2.10. The molecule has 0 amide bonds. The molecule has 2 rings (SSSR count). The third-order valence-electron chi connectivity index (χ3n) is 3.07. The molecule has 0 saturated carbocycles. The molecule has 1 fully saturated rings. The predicted molar refractivity (Wildman–Crippen MR) is 71.7 cm³/mol. The maximum atomic E-state index is 11.6. The fraction of sp³-hybridized carbons (Fsp3) is 0.500. The minimum atomic E-state index is -0.281. The molecule has 2 N–H and O–H groups in total. The van der Waals surface area contributed by atoms with Crippen LogP contribution in [0.4, 0.5) is 0 Å². The van der Waals surface area contributed by atoms with E-state index in [0.29, 0.717) is 19.6 Å². The molecule has 1 aliphatic rings. The average Bonchev–Trinajstić information content (AvgIpc) is 2.90. The minimum absolute atomic E-state index is 0.116. The molecule has 5 nitrogen and oxygen atoms in total. The lowest BCUT2D eigenvalue weighted by atomic mass is 10.0. The van der Waals surface area contributed by atoms with Crippen LogP contribution in [-0.4, -0.2) is 25.2 Å². The van der Waals surface area contributed by atoms with Crippen molar-refractivity contribution in [3.8, 4) is 5.75 Å². The molecule has 1 heterocycles. The molecule has 2 atom stereocenters. The highest BCUT2D eigenvalue weighted by Gasteiger charge is 2.30. The van der Waals surface area contributed by atoms with Crippen molar-refractivity contribution in [1.82, 2.24) is 10.9 Å². The normalized spacial score (nSPS) is 22.2. The van der Waals surface area contributed by atoms with Gasteiger partial charge in [0, 0.05) is 6.04 Å². The van der Waals surface area contributed by atoms with Gasteiger partial charge in [-0.3, -0.25) is 4.79 Å². The monoisotopic (exact) mass is 264 g/mol. The van der Waals surface area contributed by atoms with Crippen LogP contribution in [0.5, 0.6) is 5.75 Å². The number of carbonyl (C=O) groups is 1. The van der Waals surface area contributed by atoms with Crippen LogP contribution in [0.1, 0.15) is 31.9 Å². The van der Waals surface area contributed by atoms with Gasteiger partial charge in [-0.05, 0) is 38.0 Å². The van der Waals surface area contributed by atoms with Crippen LogP contribution in [0, 0.1) is 0 Å². The van der Waals surface area contributed by atoms with E-state index in [2.05, 4.69) is 10.9 Å². The van der Waals surface area contributed by atoms with E-state index in [0.717, 1.165) is 11.3 Å². The number of esters is 1. The molecule has 1 saturated heterocycles. The van der Waals surface area contributed by atoms with Crippen molar-refractivity contribution in [2.75, 3.05) is 13.2 Å². The van der Waals surface area contributed by atoms with Gasteiger partial charge in [0.2, 0.25) is 0 Å². The van der Waals surface area contributed by atoms with Crippen molar-refractivity contribution in [2.24, 2.45) is 0 Å². The van der Waals surface area contributed by atoms with E-state index < -0.39 is 0 Å². The molecule has 0 aromatic heterocycles. The van der Waals surface area contributed by atoms with Gasteiger partial charge < -0.3 is 9.47 Å². The van der Waals surface area contributed by atoms with Crippen LogP contribution < -0.4 is 15.6 Å². The molecule has 1 aromatic carbocycles. The number of nitrogens with one attached hydrogen (secondary N) is 2. The predicted octanol–water partition coefficient (Wildman–Crippen LogP) is 1.56. The largest absolute Gasteiger partial charge is 0.494 e. The van der Waals surface area contributed by atoms with Gasteiger partial charge in [-0.25, -0.2) is 10.9 Å². The summed E-state index contributed by atoms with van der Waals surface area (Å²) in [6.45, 7) is 4.84. The average molecular weight is 264 g/mol. The first-order valence-corrected chi connectivity index (χ1v) is 6.65. The summed E-state index contributed by atoms with van der Waals surface area (Å²) in [6, 6.07) is 7.74. The Hall–Kier alpha value is -1.59. The Bertz CT molecular complexity index is 419. The van der Waals surface area contributed by atoms with Crippen molar-refractivity contribution in [3.63, 3.8) is 0 Å². The molecule has 0 spiro atoms. The van der Waals surface area contributed by atoms with Crippen LogP contribution in [0.25, 0.3) is 0 Å². The summed E-state index contributed by atoms with van der Waals surface area (Å²) in [5.41, 5.74) is 7.22. The van der Waals surface area contributed by atoms with Crippen molar-refractivity contribution >= 4 is 5.97 Å². The Morgan fingerprint density at radius 1 is 1.21 bits per heavy atom. The lowest BCUT2D eigenvalue weighted by molar-refractivity contribution is -0.145. The van der Waals surface area contributed by atoms with Crippen LogP contribution in [0.3, 0.4) is 0 Å². The number of rotatable bonds is 5. The van der Waals surface area contributed by atoms with E-state index in [-0.39, 0.29) is 18.1 Å². The van der Waals surface area contributed by atoms with Gasteiger partial charge in [-0.1, -0.05) is 12.1 Å². The molecule has 1 aromatic rings. The topological polar surface area (TPSA) is 59.6 Å². The second-order valence-corrected chi connectivity index (χ2v) is 4.38. The smallest absolute Gasteiger partial charge is 0.324 e. The van der Waals surface area contributed by atoms with E-state index >= 15 is 0 Å². The van der Waals surface area contributed by atoms with Gasteiger partial charge in [0.05, 0.1) is 13.2 Å². The third-order valence-corrected chi connectivity index (χ3v) is 3.07. The fourth-order valence-corrected chi connectivity index (χ4v) is 2.14. The van der Waals surface area contributed by atoms with Crippen molar-refractivity contribution < 1.29 is 14.3 Å². The highest BCUT2D eigenvalue weighted by atomic mass is 16.5. The lowest BCUT2D eigenvalue weighted by Crippen LogP contribution is -2.37. The second-order valence-electron chi connectivity index (χ2n) is 4.38. The van der Waals surface area contributed by atoms with Crippen molar-refractivity contribution in [3.05, 3.63) is 29.8 Å². The van der Waals surface area contributed by atoms with Crippen LogP contribution in [-0.2, 0) is 9.53 Å². The Morgan fingerprint density at radius 2 is 1.95 bits per heavy atom. The molecule has 0 aliphatic carbocycles. The summed E-state index contributed by atoms with van der Waals surface area (Å²) in [4.78, 5) is 11.6. The molecule has 104 valence electrons. The number of hydrogen-bond acceptors (Lipinski definition) is 5. The first-order chi connectivity index (χ1) is 9.24.